The molecule has 1 aliphatic heterocycles. The van der Waals surface area contributed by atoms with Crippen molar-refractivity contribution in [3.05, 3.63) is 65.3 Å². The molecule has 0 atom stereocenters. The van der Waals surface area contributed by atoms with Crippen LogP contribution in [0.1, 0.15) is 17.0 Å². The summed E-state index contributed by atoms with van der Waals surface area (Å²) in [4.78, 5) is 9.18. The van der Waals surface area contributed by atoms with E-state index in [1.165, 1.54) is 6.07 Å². The zero-order valence-electron chi connectivity index (χ0n) is 17.1. The summed E-state index contributed by atoms with van der Waals surface area (Å²) < 4.78 is 25.3. The van der Waals surface area contributed by atoms with Gasteiger partial charge in [-0.3, -0.25) is 4.90 Å². The number of piperazine rings is 1. The Bertz CT molecular complexity index is 994. The van der Waals surface area contributed by atoms with E-state index >= 15 is 0 Å². The minimum atomic E-state index is -0.160. The molecular formula is C23H26FN3O2. The fourth-order valence-corrected chi connectivity index (χ4v) is 3.78. The normalized spacial score (nSPS) is 15.0. The van der Waals surface area contributed by atoms with Crippen molar-refractivity contribution in [1.29, 1.82) is 0 Å². The van der Waals surface area contributed by atoms with Gasteiger partial charge in [-0.05, 0) is 49.7 Å². The molecule has 4 rings (SSSR count). The lowest BCUT2D eigenvalue weighted by Crippen LogP contribution is -2.46. The van der Waals surface area contributed by atoms with Crippen LogP contribution in [0.2, 0.25) is 0 Å². The molecule has 0 aliphatic carbocycles. The van der Waals surface area contributed by atoms with E-state index in [4.69, 9.17) is 14.1 Å². The minimum Gasteiger partial charge on any atom is -0.496 e. The van der Waals surface area contributed by atoms with E-state index in [1.807, 2.05) is 44.2 Å². The van der Waals surface area contributed by atoms with Crippen LogP contribution in [0.25, 0.3) is 11.5 Å². The maximum absolute atomic E-state index is 14.0. The second-order valence-corrected chi connectivity index (χ2v) is 7.42. The molecule has 3 aromatic rings. The monoisotopic (exact) mass is 395 g/mol. The molecule has 1 saturated heterocycles. The molecule has 1 aromatic heterocycles. The molecule has 2 aromatic carbocycles. The predicted octanol–water partition coefficient (Wildman–Crippen LogP) is 4.43. The number of aromatic nitrogens is 1. The maximum Gasteiger partial charge on any atom is 0.226 e. The van der Waals surface area contributed by atoms with Crippen LogP contribution in [0.4, 0.5) is 10.1 Å². The van der Waals surface area contributed by atoms with Gasteiger partial charge in [-0.1, -0.05) is 12.1 Å². The van der Waals surface area contributed by atoms with Crippen molar-refractivity contribution in [3.63, 3.8) is 0 Å². The molecule has 0 amide bonds. The first kappa shape index (κ1) is 19.5. The van der Waals surface area contributed by atoms with E-state index in [1.54, 1.807) is 13.2 Å². The summed E-state index contributed by atoms with van der Waals surface area (Å²) in [5.41, 5.74) is 3.63. The van der Waals surface area contributed by atoms with Crippen LogP contribution < -0.4 is 9.64 Å². The van der Waals surface area contributed by atoms with Gasteiger partial charge in [0.15, 0.2) is 0 Å². The molecule has 6 heteroatoms. The lowest BCUT2D eigenvalue weighted by atomic mass is 10.1. The van der Waals surface area contributed by atoms with Crippen LogP contribution in [0.3, 0.4) is 0 Å². The van der Waals surface area contributed by atoms with Crippen LogP contribution in [0.5, 0.6) is 5.75 Å². The van der Waals surface area contributed by atoms with Crippen LogP contribution in [-0.4, -0.2) is 43.2 Å². The lowest BCUT2D eigenvalue weighted by Gasteiger charge is -2.35. The number of anilines is 1. The highest BCUT2D eigenvalue weighted by Crippen LogP contribution is 2.28. The average Bonchev–Trinajstić information content (AvgIpc) is 3.09. The molecule has 2 heterocycles. The van der Waals surface area contributed by atoms with Crippen LogP contribution in [0.15, 0.2) is 46.9 Å². The number of aryl methyl sites for hydroxylation is 2. The SMILES string of the molecule is COc1ccc(-c2nc(CN3CCN(c4ccccc4F)CC3)c(C)o2)cc1C. The van der Waals surface area contributed by atoms with E-state index in [-0.39, 0.29) is 5.82 Å². The highest BCUT2D eigenvalue weighted by Gasteiger charge is 2.21. The van der Waals surface area contributed by atoms with Crippen molar-refractivity contribution in [3.8, 4) is 17.2 Å². The number of hydrogen-bond acceptors (Lipinski definition) is 5. The zero-order valence-corrected chi connectivity index (χ0v) is 17.1. The van der Waals surface area contributed by atoms with E-state index in [9.17, 15) is 4.39 Å². The summed E-state index contributed by atoms with van der Waals surface area (Å²) in [7, 11) is 1.67. The van der Waals surface area contributed by atoms with E-state index < -0.39 is 0 Å². The largest absolute Gasteiger partial charge is 0.496 e. The average molecular weight is 395 g/mol. The minimum absolute atomic E-state index is 0.160. The fourth-order valence-electron chi connectivity index (χ4n) is 3.78. The number of oxazole rings is 1. The smallest absolute Gasteiger partial charge is 0.226 e. The topological polar surface area (TPSA) is 41.7 Å². The van der Waals surface area contributed by atoms with Gasteiger partial charge in [-0.2, -0.15) is 0 Å². The Labute approximate surface area is 170 Å². The highest BCUT2D eigenvalue weighted by molar-refractivity contribution is 5.57. The summed E-state index contributed by atoms with van der Waals surface area (Å²) in [6.45, 7) is 8.00. The van der Waals surface area contributed by atoms with Crippen LogP contribution >= 0.6 is 0 Å². The third kappa shape index (κ3) is 4.12. The van der Waals surface area contributed by atoms with Crippen molar-refractivity contribution < 1.29 is 13.5 Å². The summed E-state index contributed by atoms with van der Waals surface area (Å²) in [6, 6.07) is 12.9. The molecule has 1 aliphatic rings. The van der Waals surface area contributed by atoms with Gasteiger partial charge in [0.05, 0.1) is 18.5 Å². The third-order valence-corrected chi connectivity index (χ3v) is 5.47. The Morgan fingerprint density at radius 1 is 1.07 bits per heavy atom. The number of para-hydroxylation sites is 1. The van der Waals surface area contributed by atoms with E-state index in [0.717, 1.165) is 61.1 Å². The molecule has 5 nitrogen and oxygen atoms in total. The first-order valence-electron chi connectivity index (χ1n) is 9.88. The summed E-state index contributed by atoms with van der Waals surface area (Å²) in [5.74, 6) is 2.16. The molecule has 0 spiro atoms. The van der Waals surface area contributed by atoms with Crippen molar-refractivity contribution in [2.45, 2.75) is 20.4 Å². The van der Waals surface area contributed by atoms with Gasteiger partial charge < -0.3 is 14.1 Å². The number of ether oxygens (including phenoxy) is 1. The van der Waals surface area contributed by atoms with Crippen LogP contribution in [0, 0.1) is 19.7 Å². The number of benzene rings is 2. The van der Waals surface area contributed by atoms with Gasteiger partial charge >= 0.3 is 0 Å². The summed E-state index contributed by atoms with van der Waals surface area (Å²) in [5, 5.41) is 0. The fraction of sp³-hybridized carbons (Fsp3) is 0.348. The van der Waals surface area contributed by atoms with Gasteiger partial charge in [-0.25, -0.2) is 9.37 Å². The molecule has 0 saturated carbocycles. The predicted molar refractivity (Wildman–Crippen MR) is 112 cm³/mol. The highest BCUT2D eigenvalue weighted by atomic mass is 19.1. The number of rotatable bonds is 5. The maximum atomic E-state index is 14.0. The van der Waals surface area contributed by atoms with Crippen LogP contribution in [-0.2, 0) is 6.54 Å². The summed E-state index contributed by atoms with van der Waals surface area (Å²) >= 11 is 0. The van der Waals surface area contributed by atoms with Crippen molar-refractivity contribution in [2.24, 2.45) is 0 Å². The Balaban J connectivity index is 1.42. The molecule has 0 radical (unpaired) electrons. The Morgan fingerprint density at radius 3 is 2.52 bits per heavy atom. The first-order chi connectivity index (χ1) is 14.0. The van der Waals surface area contributed by atoms with Gasteiger partial charge in [0, 0.05) is 38.3 Å². The van der Waals surface area contributed by atoms with Crippen molar-refractivity contribution >= 4 is 5.69 Å². The van der Waals surface area contributed by atoms with Gasteiger partial charge in [0.25, 0.3) is 0 Å². The quantitative estimate of drug-likeness (QED) is 0.639. The molecular weight excluding hydrogens is 369 g/mol. The van der Waals surface area contributed by atoms with E-state index in [0.29, 0.717) is 11.6 Å². The number of nitrogens with zero attached hydrogens (tertiary/aromatic N) is 3. The third-order valence-electron chi connectivity index (χ3n) is 5.47. The van der Waals surface area contributed by atoms with Crippen molar-refractivity contribution in [2.75, 3.05) is 38.2 Å². The second-order valence-electron chi connectivity index (χ2n) is 7.42. The Hall–Kier alpha value is -2.86. The molecule has 29 heavy (non-hydrogen) atoms. The number of methoxy groups -OCH3 is 1. The van der Waals surface area contributed by atoms with Gasteiger partial charge in [0.1, 0.15) is 17.3 Å². The Morgan fingerprint density at radius 2 is 1.83 bits per heavy atom. The molecule has 1 fully saturated rings. The first-order valence-corrected chi connectivity index (χ1v) is 9.88. The standard InChI is InChI=1S/C23H26FN3O2/c1-16-14-18(8-9-22(16)28-3)23-25-20(17(2)29-23)15-26-10-12-27(13-11-26)21-7-5-4-6-19(21)24/h4-9,14H,10-13,15H2,1-3H3. The second kappa shape index (κ2) is 8.25. The summed E-state index contributed by atoms with van der Waals surface area (Å²) in [6.07, 6.45) is 0. The molecule has 0 bridgehead atoms. The van der Waals surface area contributed by atoms with Crippen molar-refractivity contribution in [1.82, 2.24) is 9.88 Å². The van der Waals surface area contributed by atoms with Gasteiger partial charge in [0.2, 0.25) is 5.89 Å². The van der Waals surface area contributed by atoms with Gasteiger partial charge in [-0.15, -0.1) is 0 Å². The molecule has 0 unspecified atom stereocenters. The lowest BCUT2D eigenvalue weighted by molar-refractivity contribution is 0.245. The number of halogens is 1. The van der Waals surface area contributed by atoms with E-state index in [2.05, 4.69) is 9.80 Å². The zero-order chi connectivity index (χ0) is 20.4. The Kier molecular flexibility index (Phi) is 5.53. The molecule has 0 N–H and O–H groups in total. The molecule has 152 valence electrons. The number of hydrogen-bond donors (Lipinski definition) is 0.